The van der Waals surface area contributed by atoms with Crippen LogP contribution in [0.2, 0.25) is 0 Å². The summed E-state index contributed by atoms with van der Waals surface area (Å²) in [6.07, 6.45) is 9.43. The Morgan fingerprint density at radius 3 is 1.48 bits per heavy atom. The van der Waals surface area contributed by atoms with E-state index in [2.05, 4.69) is 11.9 Å². The van der Waals surface area contributed by atoms with Crippen molar-refractivity contribution < 1.29 is 28.3 Å². The Kier molecular flexibility index (Phi) is 24.9. The van der Waals surface area contributed by atoms with E-state index in [0.29, 0.717) is 19.6 Å². The maximum absolute atomic E-state index is 12.9. The first kappa shape index (κ1) is 30.2. The Morgan fingerprint density at radius 1 is 0.645 bits per heavy atom. The van der Waals surface area contributed by atoms with Crippen LogP contribution < -0.4 is 5.32 Å². The zero-order valence-electron chi connectivity index (χ0n) is 20.0. The van der Waals surface area contributed by atoms with E-state index in [0.717, 1.165) is 78.3 Å². The molecule has 0 aliphatic rings. The lowest BCUT2D eigenvalue weighted by Crippen LogP contribution is -2.13. The molecule has 0 aromatic heterocycles. The number of nitrogens with one attached hydrogen (secondary N) is 1. The van der Waals surface area contributed by atoms with Crippen LogP contribution in [0.1, 0.15) is 64.7 Å². The molecule has 0 aliphatic heterocycles. The van der Waals surface area contributed by atoms with E-state index < -0.39 is 0 Å². The third-order valence-corrected chi connectivity index (χ3v) is 4.39. The van der Waals surface area contributed by atoms with Crippen LogP contribution in [0.25, 0.3) is 0 Å². The van der Waals surface area contributed by atoms with E-state index in [1.54, 1.807) is 6.92 Å². The van der Waals surface area contributed by atoms with Gasteiger partial charge in [-0.2, -0.15) is 0 Å². The van der Waals surface area contributed by atoms with Gasteiger partial charge >= 0.3 is 0 Å². The van der Waals surface area contributed by atoms with Gasteiger partial charge in [0.25, 0.3) is 0 Å². The van der Waals surface area contributed by atoms with Gasteiger partial charge in [0.05, 0.1) is 12.3 Å². The van der Waals surface area contributed by atoms with Crippen molar-refractivity contribution in [1.29, 1.82) is 0 Å². The predicted octanol–water partition coefficient (Wildman–Crippen LogP) is 4.43. The molecule has 1 N–H and O–H groups in total. The van der Waals surface area contributed by atoms with Crippen LogP contribution in [0.3, 0.4) is 0 Å². The molecule has 0 aromatic carbocycles. The maximum atomic E-state index is 12.9. The lowest BCUT2D eigenvalue weighted by atomic mass is 10.1. The zero-order chi connectivity index (χ0) is 22.8. The van der Waals surface area contributed by atoms with Crippen LogP contribution >= 0.6 is 0 Å². The van der Waals surface area contributed by atoms with E-state index in [1.165, 1.54) is 19.3 Å². The summed E-state index contributed by atoms with van der Waals surface area (Å²) in [5, 5.41) is 3.29. The molecule has 0 aliphatic carbocycles. The van der Waals surface area contributed by atoms with Crippen molar-refractivity contribution in [3.05, 3.63) is 12.3 Å². The average molecular weight is 451 g/mol. The molecule has 7 nitrogen and oxygen atoms in total. The fraction of sp³-hybridized carbons (Fsp3) is 0.913. The highest BCUT2D eigenvalue weighted by Crippen LogP contribution is 2.04. The Morgan fingerprint density at radius 2 is 1.03 bits per heavy atom. The van der Waals surface area contributed by atoms with Gasteiger partial charge in [-0.3, -0.25) is 0 Å². The number of hydroxylamine groups is 1. The highest BCUT2D eigenvalue weighted by Gasteiger charge is 2.01. The second-order valence-corrected chi connectivity index (χ2v) is 7.55. The van der Waals surface area contributed by atoms with Gasteiger partial charge in [-0.15, -0.1) is 0 Å². The van der Waals surface area contributed by atoms with Gasteiger partial charge in [0.2, 0.25) is 0 Å². The number of ether oxygens (including phenoxy) is 4. The summed E-state index contributed by atoms with van der Waals surface area (Å²) in [6.45, 7) is 12.3. The lowest BCUT2D eigenvalue weighted by Gasteiger charge is -2.12. The number of nitrogens with zero attached hydrogens (tertiary/aromatic N) is 1. The minimum Gasteiger partial charge on any atom is -0.381 e. The first-order valence-corrected chi connectivity index (χ1v) is 11.9. The van der Waals surface area contributed by atoms with Gasteiger partial charge in [-0.05, 0) is 59.0 Å². The Balaban J connectivity index is 3.04. The number of allylic oxidation sites excluding steroid dienone is 1. The largest absolute Gasteiger partial charge is 0.381 e. The first-order chi connectivity index (χ1) is 15.2. The molecular weight excluding hydrogens is 403 g/mol. The van der Waals surface area contributed by atoms with Crippen molar-refractivity contribution in [3.63, 3.8) is 0 Å². The molecule has 0 heterocycles. The maximum Gasteiger partial charge on any atom is 0.0800 e. The third-order valence-electron chi connectivity index (χ3n) is 4.39. The van der Waals surface area contributed by atoms with Crippen LogP contribution in [-0.2, 0) is 23.8 Å². The minimum absolute atomic E-state index is 0.188. The van der Waals surface area contributed by atoms with Crippen LogP contribution in [0.5, 0.6) is 0 Å². The number of unbranched alkanes of at least 4 members (excludes halogenated alkanes) is 4. The third kappa shape index (κ3) is 25.4. The van der Waals surface area contributed by atoms with E-state index >= 15 is 0 Å². The van der Waals surface area contributed by atoms with Crippen molar-refractivity contribution in [2.45, 2.75) is 64.7 Å². The highest BCUT2D eigenvalue weighted by atomic mass is 19.2. The first-order valence-electron chi connectivity index (χ1n) is 11.9. The molecule has 0 unspecified atom stereocenters. The lowest BCUT2D eigenvalue weighted by molar-refractivity contribution is -0.253. The predicted molar refractivity (Wildman–Crippen MR) is 122 cm³/mol. The summed E-state index contributed by atoms with van der Waals surface area (Å²) >= 11 is 0. The fourth-order valence-corrected chi connectivity index (χ4v) is 2.64. The van der Waals surface area contributed by atoms with Gasteiger partial charge in [-0.25, -0.2) is 4.84 Å². The van der Waals surface area contributed by atoms with Crippen LogP contribution in [0.15, 0.2) is 12.3 Å². The summed E-state index contributed by atoms with van der Waals surface area (Å²) in [5.74, 6) is 0. The van der Waals surface area contributed by atoms with Crippen LogP contribution in [-0.4, -0.2) is 78.3 Å². The van der Waals surface area contributed by atoms with E-state index in [4.69, 9.17) is 23.8 Å². The topological polar surface area (TPSA) is 61.4 Å². The second kappa shape index (κ2) is 25.5. The van der Waals surface area contributed by atoms with Gasteiger partial charge in [-0.1, -0.05) is 35.6 Å². The van der Waals surface area contributed by atoms with Crippen molar-refractivity contribution in [3.8, 4) is 0 Å². The molecule has 0 aromatic rings. The fourth-order valence-electron chi connectivity index (χ4n) is 2.64. The molecule has 186 valence electrons. The normalized spacial score (nSPS) is 11.2. The van der Waals surface area contributed by atoms with Gasteiger partial charge in [0, 0.05) is 52.9 Å². The summed E-state index contributed by atoms with van der Waals surface area (Å²) in [7, 11) is 1.96. The summed E-state index contributed by atoms with van der Waals surface area (Å²) in [5.41, 5.74) is 0.232. The van der Waals surface area contributed by atoms with Crippen molar-refractivity contribution in [2.24, 2.45) is 0 Å². The minimum atomic E-state index is 0.188. The van der Waals surface area contributed by atoms with E-state index in [1.807, 2.05) is 7.05 Å². The van der Waals surface area contributed by atoms with Crippen molar-refractivity contribution in [1.82, 2.24) is 10.6 Å². The molecule has 8 heteroatoms. The number of halogens is 1. The number of rotatable bonds is 26. The Bertz CT molecular complexity index is 378. The van der Waals surface area contributed by atoms with Crippen LogP contribution in [0, 0.1) is 0 Å². The molecule has 31 heavy (non-hydrogen) atoms. The van der Waals surface area contributed by atoms with Crippen molar-refractivity contribution in [2.75, 3.05) is 73.1 Å². The molecule has 0 spiro atoms. The molecular formula is C23H47FN2O5. The smallest absolute Gasteiger partial charge is 0.0800 e. The zero-order valence-corrected chi connectivity index (χ0v) is 20.0. The number of hydrogen-bond acceptors (Lipinski definition) is 7. The quantitative estimate of drug-likeness (QED) is 0.119. The molecule has 0 amide bonds. The molecule has 0 radical (unpaired) electrons. The summed E-state index contributed by atoms with van der Waals surface area (Å²) in [6, 6.07) is 0. The van der Waals surface area contributed by atoms with Gasteiger partial charge in [0.15, 0.2) is 0 Å². The molecule has 0 saturated carbocycles. The van der Waals surface area contributed by atoms with E-state index in [-0.39, 0.29) is 17.6 Å². The Labute approximate surface area is 189 Å². The summed E-state index contributed by atoms with van der Waals surface area (Å²) in [4.78, 5) is 4.80. The molecule has 0 rings (SSSR count). The average Bonchev–Trinajstić information content (AvgIpc) is 2.76. The molecule has 0 atom stereocenters. The Hall–Kier alpha value is -0.770. The van der Waals surface area contributed by atoms with E-state index in [9.17, 15) is 4.48 Å². The molecule has 0 saturated heterocycles. The summed E-state index contributed by atoms with van der Waals surface area (Å²) < 4.78 is 35.2. The molecule has 0 fully saturated rings. The second-order valence-electron chi connectivity index (χ2n) is 7.55. The van der Waals surface area contributed by atoms with Gasteiger partial charge in [0.1, 0.15) is 0 Å². The van der Waals surface area contributed by atoms with Crippen molar-refractivity contribution >= 4 is 0 Å². The number of hydrogen-bond donors (Lipinski definition) is 1. The standard InChI is InChI=1S/C23H47FN2O5/c1-23(2)26(24)31-22-12-21-30-20-11-18-28-15-8-6-4-5-7-14-27-17-10-19-29-16-9-13-25-3/h25H,1,4-22H2,2-3H3. The van der Waals surface area contributed by atoms with Crippen LogP contribution in [0.4, 0.5) is 4.48 Å². The van der Waals surface area contributed by atoms with Gasteiger partial charge < -0.3 is 24.3 Å². The SMILES string of the molecule is C=C(C)N(F)OCCCOCCCOCCCCCCCOCCCOCCCNC. The molecule has 0 bridgehead atoms. The monoisotopic (exact) mass is 450 g/mol. The highest BCUT2D eigenvalue weighted by molar-refractivity contribution is 4.78.